The van der Waals surface area contributed by atoms with Crippen molar-refractivity contribution >= 4 is 22.6 Å². The second-order valence-electron chi connectivity index (χ2n) is 6.30. The van der Waals surface area contributed by atoms with Gasteiger partial charge in [0.05, 0.1) is 6.33 Å². The second kappa shape index (κ2) is 6.12. The fourth-order valence-corrected chi connectivity index (χ4v) is 3.28. The van der Waals surface area contributed by atoms with Gasteiger partial charge in [-0.15, -0.1) is 0 Å². The number of amides is 1. The monoisotopic (exact) mass is 333 g/mol. The van der Waals surface area contributed by atoms with Gasteiger partial charge in [0.1, 0.15) is 11.8 Å². The number of rotatable bonds is 2. The molecular weight excluding hydrogens is 314 g/mol. The molecule has 4 rings (SSSR count). The third kappa shape index (κ3) is 2.69. The molecule has 6 nitrogen and oxygen atoms in total. The van der Waals surface area contributed by atoms with Crippen molar-refractivity contribution in [1.29, 1.82) is 0 Å². The number of carbonyl (C=O) groups excluding carboxylic acids is 1. The lowest BCUT2D eigenvalue weighted by molar-refractivity contribution is 0.0769. The second-order valence-corrected chi connectivity index (χ2v) is 6.30. The zero-order valence-electron chi connectivity index (χ0n) is 14.3. The van der Waals surface area contributed by atoms with Crippen LogP contribution in [0.2, 0.25) is 0 Å². The number of fused-ring (bicyclic) bond motifs is 1. The number of imidazole rings is 1. The van der Waals surface area contributed by atoms with E-state index >= 15 is 0 Å². The van der Waals surface area contributed by atoms with Crippen LogP contribution in [0, 0.1) is 6.92 Å². The number of benzene rings is 1. The van der Waals surface area contributed by atoms with E-state index in [1.807, 2.05) is 18.0 Å². The number of carbonyl (C=O) groups is 1. The zero-order chi connectivity index (χ0) is 17.4. The van der Waals surface area contributed by atoms with Crippen molar-refractivity contribution in [2.24, 2.45) is 7.05 Å². The van der Waals surface area contributed by atoms with Gasteiger partial charge in [-0.1, -0.05) is 30.3 Å². The normalized spacial score (nSPS) is 14.6. The van der Waals surface area contributed by atoms with Crippen LogP contribution in [-0.2, 0) is 7.05 Å². The molecule has 0 saturated heterocycles. The SMILES string of the molecule is Cc1ccccc1C1=CCN(C(=O)c2ncnc3c2ncn3C)CC1. The predicted molar refractivity (Wildman–Crippen MR) is 96.0 cm³/mol. The molecule has 1 aliphatic heterocycles. The Hall–Kier alpha value is -3.02. The summed E-state index contributed by atoms with van der Waals surface area (Å²) in [7, 11) is 1.86. The van der Waals surface area contributed by atoms with Gasteiger partial charge in [0, 0.05) is 20.1 Å². The van der Waals surface area contributed by atoms with E-state index < -0.39 is 0 Å². The highest BCUT2D eigenvalue weighted by Crippen LogP contribution is 2.26. The van der Waals surface area contributed by atoms with Gasteiger partial charge in [-0.2, -0.15) is 0 Å². The summed E-state index contributed by atoms with van der Waals surface area (Å²) >= 11 is 0. The topological polar surface area (TPSA) is 63.9 Å². The zero-order valence-corrected chi connectivity index (χ0v) is 14.3. The molecule has 3 aromatic rings. The molecule has 0 atom stereocenters. The van der Waals surface area contributed by atoms with Gasteiger partial charge in [0.15, 0.2) is 11.3 Å². The van der Waals surface area contributed by atoms with Crippen LogP contribution in [0.15, 0.2) is 43.0 Å². The first-order valence-electron chi connectivity index (χ1n) is 8.31. The Balaban J connectivity index is 1.60. The average molecular weight is 333 g/mol. The minimum absolute atomic E-state index is 0.0915. The van der Waals surface area contributed by atoms with E-state index in [1.165, 1.54) is 23.0 Å². The molecular formula is C19H19N5O. The first-order chi connectivity index (χ1) is 12.1. The number of nitrogens with zero attached hydrogens (tertiary/aromatic N) is 5. The van der Waals surface area contributed by atoms with Crippen LogP contribution in [0.3, 0.4) is 0 Å². The van der Waals surface area contributed by atoms with Gasteiger partial charge in [0.25, 0.3) is 5.91 Å². The summed E-state index contributed by atoms with van der Waals surface area (Å²) in [6.45, 7) is 3.38. The van der Waals surface area contributed by atoms with E-state index in [-0.39, 0.29) is 5.91 Å². The minimum Gasteiger partial charge on any atom is -0.333 e. The number of hydrogen-bond acceptors (Lipinski definition) is 4. The Labute approximate surface area is 145 Å². The maximum Gasteiger partial charge on any atom is 0.275 e. The maximum absolute atomic E-state index is 12.9. The fourth-order valence-electron chi connectivity index (χ4n) is 3.28. The van der Waals surface area contributed by atoms with Crippen molar-refractivity contribution in [2.75, 3.05) is 13.1 Å². The molecule has 25 heavy (non-hydrogen) atoms. The Morgan fingerprint density at radius 1 is 1.16 bits per heavy atom. The molecule has 3 heterocycles. The minimum atomic E-state index is -0.0915. The molecule has 0 fully saturated rings. The molecule has 1 amide bonds. The lowest BCUT2D eigenvalue weighted by atomic mass is 9.95. The number of aryl methyl sites for hydroxylation is 2. The summed E-state index contributed by atoms with van der Waals surface area (Å²) in [6.07, 6.45) is 6.06. The highest BCUT2D eigenvalue weighted by atomic mass is 16.2. The van der Waals surface area contributed by atoms with Crippen LogP contribution < -0.4 is 0 Å². The molecule has 2 aromatic heterocycles. The summed E-state index contributed by atoms with van der Waals surface area (Å²) in [5.74, 6) is -0.0915. The van der Waals surface area contributed by atoms with Crippen molar-refractivity contribution in [1.82, 2.24) is 24.4 Å². The Morgan fingerprint density at radius 3 is 2.76 bits per heavy atom. The predicted octanol–water partition coefficient (Wildman–Crippen LogP) is 2.60. The van der Waals surface area contributed by atoms with Gasteiger partial charge in [0.2, 0.25) is 0 Å². The van der Waals surface area contributed by atoms with Crippen molar-refractivity contribution < 1.29 is 4.79 Å². The lowest BCUT2D eigenvalue weighted by Gasteiger charge is -2.27. The van der Waals surface area contributed by atoms with Crippen LogP contribution in [0.1, 0.15) is 28.0 Å². The van der Waals surface area contributed by atoms with Crippen molar-refractivity contribution in [3.05, 3.63) is 59.8 Å². The third-order valence-corrected chi connectivity index (χ3v) is 4.69. The highest BCUT2D eigenvalue weighted by molar-refractivity contribution is 6.02. The van der Waals surface area contributed by atoms with E-state index in [2.05, 4.69) is 46.2 Å². The third-order valence-electron chi connectivity index (χ3n) is 4.69. The van der Waals surface area contributed by atoms with E-state index in [0.29, 0.717) is 29.9 Å². The molecule has 0 radical (unpaired) electrons. The molecule has 1 aliphatic rings. The first kappa shape index (κ1) is 15.5. The maximum atomic E-state index is 12.9. The lowest BCUT2D eigenvalue weighted by Crippen LogP contribution is -2.35. The molecule has 1 aromatic carbocycles. The van der Waals surface area contributed by atoms with Crippen molar-refractivity contribution in [2.45, 2.75) is 13.3 Å². The van der Waals surface area contributed by atoms with Crippen LogP contribution in [0.5, 0.6) is 0 Å². The highest BCUT2D eigenvalue weighted by Gasteiger charge is 2.24. The molecule has 0 aliphatic carbocycles. The Bertz CT molecular complexity index is 988. The molecule has 0 saturated carbocycles. The summed E-state index contributed by atoms with van der Waals surface area (Å²) in [4.78, 5) is 27.4. The Kier molecular flexibility index (Phi) is 3.80. The van der Waals surface area contributed by atoms with E-state index in [1.54, 1.807) is 10.9 Å². The van der Waals surface area contributed by atoms with Gasteiger partial charge in [-0.05, 0) is 30.0 Å². The van der Waals surface area contributed by atoms with Gasteiger partial charge >= 0.3 is 0 Å². The summed E-state index contributed by atoms with van der Waals surface area (Å²) in [5, 5.41) is 0. The van der Waals surface area contributed by atoms with Gasteiger partial charge in [-0.25, -0.2) is 15.0 Å². The van der Waals surface area contributed by atoms with E-state index in [4.69, 9.17) is 0 Å². The summed E-state index contributed by atoms with van der Waals surface area (Å²) < 4.78 is 1.79. The molecule has 0 N–H and O–H groups in total. The standard InChI is InChI=1S/C19H19N5O/c1-13-5-3-4-6-15(13)14-7-9-24(10-8-14)19(25)17-16-18(21-11-20-17)23(2)12-22-16/h3-7,11-12H,8-10H2,1-2H3. The molecule has 6 heteroatoms. The quantitative estimate of drug-likeness (QED) is 0.723. The summed E-state index contributed by atoms with van der Waals surface area (Å²) in [6, 6.07) is 8.36. The molecule has 0 unspecified atom stereocenters. The van der Waals surface area contributed by atoms with Crippen molar-refractivity contribution in [3.8, 4) is 0 Å². The number of hydrogen-bond donors (Lipinski definition) is 0. The van der Waals surface area contributed by atoms with Crippen LogP contribution >= 0.6 is 0 Å². The van der Waals surface area contributed by atoms with Crippen LogP contribution in [0.4, 0.5) is 0 Å². The Morgan fingerprint density at radius 2 is 2.00 bits per heavy atom. The largest absolute Gasteiger partial charge is 0.333 e. The van der Waals surface area contributed by atoms with Crippen LogP contribution in [-0.4, -0.2) is 43.4 Å². The first-order valence-corrected chi connectivity index (χ1v) is 8.31. The van der Waals surface area contributed by atoms with Crippen molar-refractivity contribution in [3.63, 3.8) is 0 Å². The van der Waals surface area contributed by atoms with E-state index in [0.717, 1.165) is 6.42 Å². The molecule has 126 valence electrons. The molecule has 0 spiro atoms. The van der Waals surface area contributed by atoms with E-state index in [9.17, 15) is 4.79 Å². The van der Waals surface area contributed by atoms with Crippen LogP contribution in [0.25, 0.3) is 16.7 Å². The van der Waals surface area contributed by atoms with Gasteiger partial charge in [-0.3, -0.25) is 4.79 Å². The number of aromatic nitrogens is 4. The molecule has 0 bridgehead atoms. The van der Waals surface area contributed by atoms with Gasteiger partial charge < -0.3 is 9.47 Å². The summed E-state index contributed by atoms with van der Waals surface area (Å²) in [5.41, 5.74) is 5.43. The average Bonchev–Trinajstić information content (AvgIpc) is 3.03. The smallest absolute Gasteiger partial charge is 0.275 e. The fraction of sp³-hybridized carbons (Fsp3) is 0.263.